The van der Waals surface area contributed by atoms with Crippen LogP contribution in [-0.2, 0) is 7.05 Å². The second-order valence-corrected chi connectivity index (χ2v) is 10.0. The smallest absolute Gasteiger partial charge is 0.319 e. The molecule has 38 heavy (non-hydrogen) atoms. The molecule has 1 amide bonds. The van der Waals surface area contributed by atoms with Crippen LogP contribution in [0.5, 0.6) is 11.9 Å². The molecule has 4 aromatic rings. The van der Waals surface area contributed by atoms with Gasteiger partial charge in [0, 0.05) is 30.5 Å². The van der Waals surface area contributed by atoms with Gasteiger partial charge in [-0.05, 0) is 43.7 Å². The molecule has 0 aliphatic carbocycles. The van der Waals surface area contributed by atoms with Gasteiger partial charge >= 0.3 is 6.01 Å². The average molecular weight is 554 g/mol. The number of anilines is 1. The van der Waals surface area contributed by atoms with Crippen molar-refractivity contribution in [3.63, 3.8) is 0 Å². The van der Waals surface area contributed by atoms with Crippen LogP contribution in [0, 0.1) is 0 Å². The number of carbonyl (C=O) groups excluding carboxylic acids is 1. The first kappa shape index (κ1) is 25.8. The number of nitrogens with zero attached hydrogens (tertiary/aromatic N) is 5. The highest BCUT2D eigenvalue weighted by molar-refractivity contribution is 6.31. The van der Waals surface area contributed by atoms with Crippen molar-refractivity contribution in [3.8, 4) is 23.1 Å². The van der Waals surface area contributed by atoms with Crippen LogP contribution in [0.15, 0.2) is 53.6 Å². The first-order valence-electron chi connectivity index (χ1n) is 11.8. The Hall–Kier alpha value is -3.82. The molecule has 1 aliphatic heterocycles. The summed E-state index contributed by atoms with van der Waals surface area (Å²) in [6, 6.07) is 10.3. The molecule has 9 nitrogen and oxygen atoms in total. The third kappa shape index (κ3) is 4.12. The first-order valence-corrected chi connectivity index (χ1v) is 12.6. The average Bonchev–Trinajstić information content (AvgIpc) is 3.42. The second kappa shape index (κ2) is 9.81. The number of hydrogen-bond donors (Lipinski definition) is 0. The lowest BCUT2D eigenvalue weighted by molar-refractivity contribution is 0.0993. The molecule has 4 heterocycles. The zero-order valence-electron chi connectivity index (χ0n) is 21.4. The van der Waals surface area contributed by atoms with Crippen LogP contribution in [0.2, 0.25) is 10.0 Å². The molecule has 0 saturated carbocycles. The Bertz CT molecular complexity index is 1580. The van der Waals surface area contributed by atoms with Gasteiger partial charge in [-0.3, -0.25) is 14.5 Å². The van der Waals surface area contributed by atoms with Gasteiger partial charge in [-0.25, -0.2) is 4.98 Å². The molecule has 0 bridgehead atoms. The molecule has 1 aliphatic rings. The van der Waals surface area contributed by atoms with Gasteiger partial charge in [0.15, 0.2) is 0 Å². The minimum Gasteiger partial charge on any atom is -0.480 e. The number of halogens is 2. The maximum atomic E-state index is 14.1. The van der Waals surface area contributed by atoms with E-state index in [1.54, 1.807) is 36.5 Å². The van der Waals surface area contributed by atoms with Crippen molar-refractivity contribution in [1.29, 1.82) is 0 Å². The fourth-order valence-corrected chi connectivity index (χ4v) is 5.28. The zero-order chi connectivity index (χ0) is 27.3. The summed E-state index contributed by atoms with van der Waals surface area (Å²) in [6.07, 6.45) is 3.24. The van der Waals surface area contributed by atoms with Gasteiger partial charge in [0.2, 0.25) is 5.88 Å². The molecule has 1 aromatic carbocycles. The van der Waals surface area contributed by atoms with E-state index in [9.17, 15) is 9.59 Å². The number of carbonyl (C=O) groups is 1. The summed E-state index contributed by atoms with van der Waals surface area (Å²) in [5.41, 5.74) is 3.65. The number of pyridine rings is 1. The molecule has 0 unspecified atom stereocenters. The number of amides is 1. The highest BCUT2D eigenvalue weighted by Gasteiger charge is 2.43. The number of aromatic nitrogens is 4. The van der Waals surface area contributed by atoms with Gasteiger partial charge in [-0.15, -0.1) is 0 Å². The number of methoxy groups -OCH3 is 2. The lowest BCUT2D eigenvalue weighted by Gasteiger charge is -2.29. The molecular formula is C27H25Cl2N5O4. The molecule has 0 radical (unpaired) electrons. The summed E-state index contributed by atoms with van der Waals surface area (Å²) in [5, 5.41) is 0.604. The minimum atomic E-state index is -0.523. The number of aryl methyl sites for hydroxylation is 1. The molecule has 0 spiro atoms. The fraction of sp³-hybridized carbons (Fsp3) is 0.259. The SMILES string of the molecule is COc1ncc(-c2cc3c(n2C(C)C)[C@@H](c2ccc(Cl)cc2)N(c2cc(Cl)c(=O)n(C)c2)C3=O)c(OC)n1. The van der Waals surface area contributed by atoms with Crippen LogP contribution in [0.3, 0.4) is 0 Å². The van der Waals surface area contributed by atoms with Crippen LogP contribution in [0.1, 0.15) is 47.5 Å². The van der Waals surface area contributed by atoms with Crippen molar-refractivity contribution < 1.29 is 14.3 Å². The molecule has 5 rings (SSSR count). The highest BCUT2D eigenvalue weighted by Crippen LogP contribution is 2.47. The van der Waals surface area contributed by atoms with Crippen molar-refractivity contribution in [1.82, 2.24) is 19.1 Å². The van der Waals surface area contributed by atoms with E-state index in [0.717, 1.165) is 17.0 Å². The summed E-state index contributed by atoms with van der Waals surface area (Å²) in [6.45, 7) is 4.07. The fourth-order valence-electron chi connectivity index (χ4n) is 4.91. The monoisotopic (exact) mass is 553 g/mol. The normalized spacial score (nSPS) is 14.8. The third-order valence-electron chi connectivity index (χ3n) is 6.53. The van der Waals surface area contributed by atoms with Crippen LogP contribution in [-0.4, -0.2) is 39.2 Å². The van der Waals surface area contributed by atoms with Crippen LogP contribution in [0.25, 0.3) is 11.3 Å². The van der Waals surface area contributed by atoms with Gasteiger partial charge in [-0.1, -0.05) is 35.3 Å². The molecule has 1 atom stereocenters. The summed E-state index contributed by atoms with van der Waals surface area (Å²) < 4.78 is 14.2. The molecule has 0 fully saturated rings. The summed E-state index contributed by atoms with van der Waals surface area (Å²) >= 11 is 12.5. The Morgan fingerprint density at radius 1 is 1.00 bits per heavy atom. The third-order valence-corrected chi connectivity index (χ3v) is 7.05. The van der Waals surface area contributed by atoms with Crippen LogP contribution >= 0.6 is 23.2 Å². The van der Waals surface area contributed by atoms with Crippen molar-refractivity contribution in [2.75, 3.05) is 19.1 Å². The largest absolute Gasteiger partial charge is 0.480 e. The second-order valence-electron chi connectivity index (χ2n) is 9.16. The number of rotatable bonds is 6. The number of ether oxygens (including phenoxy) is 2. The molecular weight excluding hydrogens is 529 g/mol. The van der Waals surface area contributed by atoms with Crippen LogP contribution < -0.4 is 19.9 Å². The van der Waals surface area contributed by atoms with Gasteiger partial charge in [0.25, 0.3) is 11.5 Å². The van der Waals surface area contributed by atoms with E-state index >= 15 is 0 Å². The predicted octanol–water partition coefficient (Wildman–Crippen LogP) is 5.30. The lowest BCUT2D eigenvalue weighted by Crippen LogP contribution is -2.31. The van der Waals surface area contributed by atoms with Gasteiger partial charge in [-0.2, -0.15) is 4.98 Å². The molecule has 0 saturated heterocycles. The van der Waals surface area contributed by atoms with E-state index in [-0.39, 0.29) is 28.5 Å². The van der Waals surface area contributed by atoms with Crippen molar-refractivity contribution >= 4 is 34.8 Å². The quantitative estimate of drug-likeness (QED) is 0.321. The molecule has 196 valence electrons. The molecule has 11 heteroatoms. The van der Waals surface area contributed by atoms with E-state index in [2.05, 4.69) is 14.5 Å². The van der Waals surface area contributed by atoms with Gasteiger partial charge in [0.1, 0.15) is 11.1 Å². The minimum absolute atomic E-state index is 0.0248. The number of fused-ring (bicyclic) bond motifs is 1. The maximum absolute atomic E-state index is 14.1. The summed E-state index contributed by atoms with van der Waals surface area (Å²) in [4.78, 5) is 36.7. The Balaban J connectivity index is 1.79. The number of benzene rings is 1. The standard InChI is InChI=1S/C27H25Cl2N5O4/c1-14(2)33-21(19-12-30-27(38-5)31-24(19)37-4)11-18-23(33)22(15-6-8-16(28)9-7-15)34(25(18)35)17-10-20(29)26(36)32(3)13-17/h6-14,22H,1-5H3/t22-/m1/s1. The van der Waals surface area contributed by atoms with Gasteiger partial charge in [0.05, 0.1) is 42.4 Å². The van der Waals surface area contributed by atoms with Crippen LogP contribution in [0.4, 0.5) is 5.69 Å². The number of hydrogen-bond acceptors (Lipinski definition) is 6. The maximum Gasteiger partial charge on any atom is 0.319 e. The Labute approximate surface area is 229 Å². The zero-order valence-corrected chi connectivity index (χ0v) is 22.9. The lowest BCUT2D eigenvalue weighted by atomic mass is 10.0. The van der Waals surface area contributed by atoms with Crippen molar-refractivity contribution in [2.45, 2.75) is 25.9 Å². The summed E-state index contributed by atoms with van der Waals surface area (Å²) in [5.74, 6) is 0.0934. The Morgan fingerprint density at radius 2 is 1.71 bits per heavy atom. The highest BCUT2D eigenvalue weighted by atomic mass is 35.5. The van der Waals surface area contributed by atoms with E-state index in [4.69, 9.17) is 32.7 Å². The predicted molar refractivity (Wildman–Crippen MR) is 146 cm³/mol. The van der Waals surface area contributed by atoms with E-state index < -0.39 is 6.04 Å². The van der Waals surface area contributed by atoms with Crippen molar-refractivity contribution in [2.24, 2.45) is 7.05 Å². The molecule has 3 aromatic heterocycles. The van der Waals surface area contributed by atoms with E-state index in [1.807, 2.05) is 32.0 Å². The summed E-state index contributed by atoms with van der Waals surface area (Å²) in [7, 11) is 4.61. The molecule has 0 N–H and O–H groups in total. The van der Waals surface area contributed by atoms with E-state index in [1.165, 1.54) is 24.9 Å². The Kier molecular flexibility index (Phi) is 6.66. The van der Waals surface area contributed by atoms with Crippen molar-refractivity contribution in [3.05, 3.63) is 86.0 Å². The van der Waals surface area contributed by atoms with E-state index in [0.29, 0.717) is 27.7 Å². The van der Waals surface area contributed by atoms with Gasteiger partial charge < -0.3 is 18.6 Å². The topological polar surface area (TPSA) is 91.5 Å². The Morgan fingerprint density at radius 3 is 2.32 bits per heavy atom. The first-order chi connectivity index (χ1) is 18.2.